The Balaban J connectivity index is 1.47. The van der Waals surface area contributed by atoms with Crippen molar-refractivity contribution in [1.82, 2.24) is 9.66 Å². The Morgan fingerprint density at radius 3 is 2.35 bits per heavy atom. The predicted molar refractivity (Wildman–Crippen MR) is 157 cm³/mol. The molecule has 4 aromatic rings. The first kappa shape index (κ1) is 26.4. The van der Waals surface area contributed by atoms with Gasteiger partial charge in [-0.15, -0.1) is 0 Å². The number of hydrogen-bond donors (Lipinski definition) is 0. The molecular formula is C28H23Br2Cl2N3O2. The van der Waals surface area contributed by atoms with Gasteiger partial charge < -0.3 is 4.74 Å². The van der Waals surface area contributed by atoms with Gasteiger partial charge in [0.05, 0.1) is 27.2 Å². The van der Waals surface area contributed by atoms with E-state index in [-0.39, 0.29) is 11.5 Å². The molecule has 0 amide bonds. The molecule has 190 valence electrons. The molecule has 37 heavy (non-hydrogen) atoms. The summed E-state index contributed by atoms with van der Waals surface area (Å²) >= 11 is 19.9. The minimum Gasteiger partial charge on any atom is -0.486 e. The van der Waals surface area contributed by atoms with Crippen LogP contribution in [-0.2, 0) is 6.61 Å². The quantitative estimate of drug-likeness (QED) is 0.194. The third kappa shape index (κ3) is 6.11. The molecule has 0 spiro atoms. The summed E-state index contributed by atoms with van der Waals surface area (Å²) in [6, 6.07) is 16.8. The lowest BCUT2D eigenvalue weighted by molar-refractivity contribution is 0.306. The fourth-order valence-corrected chi connectivity index (χ4v) is 5.79. The smallest absolute Gasteiger partial charge is 0.282 e. The van der Waals surface area contributed by atoms with Crippen molar-refractivity contribution in [2.75, 3.05) is 0 Å². The van der Waals surface area contributed by atoms with Gasteiger partial charge in [0.2, 0.25) is 0 Å². The maximum atomic E-state index is 13.5. The summed E-state index contributed by atoms with van der Waals surface area (Å²) in [5.74, 6) is 1.29. The fourth-order valence-electron chi connectivity index (χ4n) is 4.56. The molecule has 0 bridgehead atoms. The number of ether oxygens (including phenoxy) is 1. The summed E-state index contributed by atoms with van der Waals surface area (Å²) < 4.78 is 9.14. The van der Waals surface area contributed by atoms with Crippen molar-refractivity contribution in [2.45, 2.75) is 44.6 Å². The van der Waals surface area contributed by atoms with Gasteiger partial charge in [0, 0.05) is 14.9 Å². The molecule has 1 fully saturated rings. The highest BCUT2D eigenvalue weighted by Gasteiger charge is 2.22. The monoisotopic (exact) mass is 661 g/mol. The highest BCUT2D eigenvalue weighted by Crippen LogP contribution is 2.35. The molecule has 5 nitrogen and oxygen atoms in total. The standard InChI is InChI=1S/C28H23Br2Cl2N3O2/c29-20-8-6-17(7-9-20)16-37-26-23(31)12-18(13-24(26)32)15-33-35-27(19-4-2-1-3-5-19)34-25-11-10-21(30)14-22(25)28(35)36/h6-15,19H,1-5,16H2. The Morgan fingerprint density at radius 2 is 1.65 bits per heavy atom. The summed E-state index contributed by atoms with van der Waals surface area (Å²) in [4.78, 5) is 18.4. The Kier molecular flexibility index (Phi) is 8.34. The van der Waals surface area contributed by atoms with Gasteiger partial charge in [0.1, 0.15) is 12.4 Å². The summed E-state index contributed by atoms with van der Waals surface area (Å²) in [5.41, 5.74) is 2.13. The molecule has 0 radical (unpaired) electrons. The van der Waals surface area contributed by atoms with Gasteiger partial charge in [-0.3, -0.25) is 4.79 Å². The van der Waals surface area contributed by atoms with Gasteiger partial charge in [-0.05, 0) is 66.4 Å². The lowest BCUT2D eigenvalue weighted by Crippen LogP contribution is -2.25. The topological polar surface area (TPSA) is 56.5 Å². The van der Waals surface area contributed by atoms with Gasteiger partial charge in [-0.2, -0.15) is 9.78 Å². The molecule has 1 aliphatic carbocycles. The van der Waals surface area contributed by atoms with E-state index in [1.807, 2.05) is 36.4 Å². The summed E-state index contributed by atoms with van der Waals surface area (Å²) in [6.07, 6.45) is 7.02. The SMILES string of the molecule is O=c1c2cc(Br)ccc2nc(C2CCCCC2)n1N=Cc1cc(Cl)c(OCc2ccc(Br)cc2)c(Cl)c1. The van der Waals surface area contributed by atoms with E-state index in [1.165, 1.54) is 11.1 Å². The van der Waals surface area contributed by atoms with E-state index in [0.717, 1.165) is 40.2 Å². The molecule has 1 heterocycles. The average molecular weight is 664 g/mol. The second kappa shape index (κ2) is 11.7. The predicted octanol–water partition coefficient (Wildman–Crippen LogP) is 8.74. The van der Waals surface area contributed by atoms with E-state index in [0.29, 0.717) is 44.7 Å². The molecule has 0 aliphatic heterocycles. The highest BCUT2D eigenvalue weighted by molar-refractivity contribution is 9.10. The third-order valence-electron chi connectivity index (χ3n) is 6.44. The molecule has 1 aliphatic rings. The number of halogens is 4. The zero-order chi connectivity index (χ0) is 25.9. The summed E-state index contributed by atoms with van der Waals surface area (Å²) in [6.45, 7) is 0.332. The first-order valence-electron chi connectivity index (χ1n) is 12.0. The number of nitrogens with zero attached hydrogens (tertiary/aromatic N) is 3. The van der Waals surface area contributed by atoms with Gasteiger partial charge >= 0.3 is 0 Å². The first-order chi connectivity index (χ1) is 17.9. The molecule has 3 aromatic carbocycles. The van der Waals surface area contributed by atoms with Crippen LogP contribution in [0.15, 0.2) is 73.4 Å². The van der Waals surface area contributed by atoms with Crippen LogP contribution >= 0.6 is 55.1 Å². The van der Waals surface area contributed by atoms with Crippen LogP contribution in [0.2, 0.25) is 10.0 Å². The summed E-state index contributed by atoms with van der Waals surface area (Å²) in [5, 5.41) is 5.83. The van der Waals surface area contributed by atoms with E-state index in [4.69, 9.17) is 32.9 Å². The summed E-state index contributed by atoms with van der Waals surface area (Å²) in [7, 11) is 0. The van der Waals surface area contributed by atoms with Crippen molar-refractivity contribution in [3.63, 3.8) is 0 Å². The molecule has 1 aromatic heterocycles. The third-order valence-corrected chi connectivity index (χ3v) is 8.03. The minimum atomic E-state index is -0.199. The Bertz CT molecular complexity index is 1510. The average Bonchev–Trinajstić information content (AvgIpc) is 2.89. The van der Waals surface area contributed by atoms with Crippen molar-refractivity contribution in [3.8, 4) is 5.75 Å². The van der Waals surface area contributed by atoms with Crippen molar-refractivity contribution in [1.29, 1.82) is 0 Å². The Morgan fingerprint density at radius 1 is 0.973 bits per heavy atom. The lowest BCUT2D eigenvalue weighted by Gasteiger charge is -2.22. The van der Waals surface area contributed by atoms with Crippen LogP contribution in [0.5, 0.6) is 5.75 Å². The molecule has 1 saturated carbocycles. The van der Waals surface area contributed by atoms with Gasteiger partial charge in [-0.1, -0.05) is 86.5 Å². The van der Waals surface area contributed by atoms with Gasteiger partial charge in [-0.25, -0.2) is 4.98 Å². The number of rotatable bonds is 6. The van der Waals surface area contributed by atoms with Crippen LogP contribution in [-0.4, -0.2) is 15.9 Å². The Hall–Kier alpha value is -2.19. The highest BCUT2D eigenvalue weighted by atomic mass is 79.9. The number of benzene rings is 3. The largest absolute Gasteiger partial charge is 0.486 e. The maximum absolute atomic E-state index is 13.5. The zero-order valence-corrected chi connectivity index (χ0v) is 24.4. The van der Waals surface area contributed by atoms with Crippen LogP contribution in [0.4, 0.5) is 0 Å². The molecule has 0 saturated heterocycles. The van der Waals surface area contributed by atoms with Crippen LogP contribution in [0.25, 0.3) is 10.9 Å². The van der Waals surface area contributed by atoms with Gasteiger partial charge in [0.25, 0.3) is 5.56 Å². The second-order valence-electron chi connectivity index (χ2n) is 9.06. The van der Waals surface area contributed by atoms with E-state index < -0.39 is 0 Å². The number of hydrogen-bond acceptors (Lipinski definition) is 4. The van der Waals surface area contributed by atoms with Crippen LogP contribution < -0.4 is 10.3 Å². The zero-order valence-electron chi connectivity index (χ0n) is 19.8. The molecule has 0 N–H and O–H groups in total. The van der Waals surface area contributed by atoms with Crippen molar-refractivity contribution in [2.24, 2.45) is 5.10 Å². The molecule has 5 rings (SSSR count). The van der Waals surface area contributed by atoms with E-state index in [2.05, 4.69) is 37.0 Å². The van der Waals surface area contributed by atoms with E-state index in [9.17, 15) is 4.79 Å². The molecule has 0 atom stereocenters. The van der Waals surface area contributed by atoms with E-state index in [1.54, 1.807) is 24.4 Å². The van der Waals surface area contributed by atoms with Crippen LogP contribution in [0, 0.1) is 0 Å². The Labute approximate surface area is 241 Å². The van der Waals surface area contributed by atoms with E-state index >= 15 is 0 Å². The maximum Gasteiger partial charge on any atom is 0.282 e. The van der Waals surface area contributed by atoms with Crippen molar-refractivity contribution in [3.05, 3.63) is 101 Å². The van der Waals surface area contributed by atoms with Crippen molar-refractivity contribution < 1.29 is 4.74 Å². The minimum absolute atomic E-state index is 0.188. The second-order valence-corrected chi connectivity index (χ2v) is 11.7. The van der Waals surface area contributed by atoms with Gasteiger partial charge in [0.15, 0.2) is 5.75 Å². The van der Waals surface area contributed by atoms with Crippen LogP contribution in [0.3, 0.4) is 0 Å². The van der Waals surface area contributed by atoms with Crippen LogP contribution in [0.1, 0.15) is 55.0 Å². The first-order valence-corrected chi connectivity index (χ1v) is 14.4. The normalized spacial score (nSPS) is 14.5. The lowest BCUT2D eigenvalue weighted by atomic mass is 9.88. The van der Waals surface area contributed by atoms with Crippen molar-refractivity contribution >= 4 is 72.2 Å². The number of aromatic nitrogens is 2. The molecule has 0 unspecified atom stereocenters. The molecular weight excluding hydrogens is 641 g/mol. The molecule has 9 heteroatoms. The fraction of sp³-hybridized carbons (Fsp3) is 0.250. The number of fused-ring (bicyclic) bond motifs is 1.